The minimum absolute atomic E-state index is 0.177. The summed E-state index contributed by atoms with van der Waals surface area (Å²) >= 11 is 0. The number of halogens is 9. The summed E-state index contributed by atoms with van der Waals surface area (Å²) in [4.78, 5) is 0.538. The van der Waals surface area contributed by atoms with E-state index in [1.165, 1.54) is 0 Å². The standard InChI is InChI=1S/C6H4F5N2S.BF4/c7-14(8,9,10,11)6-3-1-5(13-12)2-4-6;2-1(3,4)5/h1-4H;/q+1;-1. The van der Waals surface area contributed by atoms with Crippen molar-refractivity contribution in [3.8, 4) is 0 Å². The van der Waals surface area contributed by atoms with Crippen LogP contribution < -0.4 is 0 Å². The maximum atomic E-state index is 12.1. The Balaban J connectivity index is 0.000000555. The fraction of sp³-hybridized carbons (Fsp3) is 0. The fourth-order valence-electron chi connectivity index (χ4n) is 0.770. The number of rotatable bonds is 1. The quantitative estimate of drug-likeness (QED) is 0.348. The van der Waals surface area contributed by atoms with Crippen LogP contribution in [0.4, 0.5) is 42.4 Å². The highest BCUT2D eigenvalue weighted by atomic mass is 32.5. The second kappa shape index (κ2) is 4.22. The number of nitrogens with zero attached hydrogens (tertiary/aromatic N) is 2. The molecule has 0 aliphatic rings. The molecule has 0 saturated heterocycles. The minimum Gasteiger partial charge on any atom is -0.418 e. The maximum absolute atomic E-state index is 12.1. The number of hydrogen-bond acceptors (Lipinski definition) is 1. The van der Waals surface area contributed by atoms with Crippen LogP contribution in [0, 0.1) is 5.39 Å². The second-order valence-electron chi connectivity index (χ2n) is 3.06. The van der Waals surface area contributed by atoms with Crippen molar-refractivity contribution in [3.05, 3.63) is 29.2 Å². The molecule has 1 aromatic rings. The third-order valence-corrected chi connectivity index (χ3v) is 2.56. The molecule has 110 valence electrons. The SMILES string of the molecule is F[B-](F)(F)F.N#[N+]c1ccc(S(F)(F)(F)(F)F)cc1. The summed E-state index contributed by atoms with van der Waals surface area (Å²) < 4.78 is 99.5. The van der Waals surface area contributed by atoms with Gasteiger partial charge in [-0.1, -0.05) is 19.4 Å². The van der Waals surface area contributed by atoms with Gasteiger partial charge in [0.2, 0.25) is 5.39 Å². The van der Waals surface area contributed by atoms with E-state index in [0.717, 1.165) is 0 Å². The molecule has 1 aromatic carbocycles. The fourth-order valence-corrected chi connectivity index (χ4v) is 1.42. The van der Waals surface area contributed by atoms with Crippen LogP contribution in [0.15, 0.2) is 29.2 Å². The largest absolute Gasteiger partial charge is 0.673 e. The molecule has 0 heterocycles. The number of diazo groups is 1. The van der Waals surface area contributed by atoms with E-state index in [-0.39, 0.29) is 17.8 Å². The summed E-state index contributed by atoms with van der Waals surface area (Å²) in [5.74, 6) is 0. The lowest BCUT2D eigenvalue weighted by atomic mass is 10.3. The van der Waals surface area contributed by atoms with Crippen LogP contribution in [-0.2, 0) is 0 Å². The molecular weight excluding hydrogens is 314 g/mol. The van der Waals surface area contributed by atoms with Crippen molar-refractivity contribution in [2.45, 2.75) is 4.90 Å². The van der Waals surface area contributed by atoms with Gasteiger partial charge in [-0.25, -0.2) is 0 Å². The van der Waals surface area contributed by atoms with Gasteiger partial charge in [-0.05, 0) is 12.1 Å². The molecule has 0 aliphatic carbocycles. The summed E-state index contributed by atoms with van der Waals surface area (Å²) in [6, 6.07) is 1.65. The summed E-state index contributed by atoms with van der Waals surface area (Å²) in [7, 11) is -15.6. The van der Waals surface area contributed by atoms with E-state index < -0.39 is 22.4 Å². The molecule has 0 amide bonds. The highest BCUT2D eigenvalue weighted by Crippen LogP contribution is 3.02. The van der Waals surface area contributed by atoms with E-state index in [0.29, 0.717) is 12.1 Å². The molecule has 0 bridgehead atoms. The lowest BCUT2D eigenvalue weighted by Crippen LogP contribution is -2.05. The first kappa shape index (κ1) is 17.4. The van der Waals surface area contributed by atoms with Gasteiger partial charge < -0.3 is 17.3 Å². The number of benzene rings is 1. The number of hydrogen-bond donors (Lipinski definition) is 0. The zero-order valence-electron chi connectivity index (χ0n) is 8.59. The summed E-state index contributed by atoms with van der Waals surface area (Å²) in [5.41, 5.74) is -0.226. The maximum Gasteiger partial charge on any atom is 0.673 e. The van der Waals surface area contributed by atoms with Gasteiger partial charge in [-0.3, -0.25) is 0 Å². The first-order chi connectivity index (χ1) is 8.03. The van der Waals surface area contributed by atoms with Crippen molar-refractivity contribution in [1.29, 1.82) is 5.39 Å². The molecule has 2 nitrogen and oxygen atoms in total. The average Bonchev–Trinajstić information content (AvgIpc) is 2.12. The van der Waals surface area contributed by atoms with Crippen molar-refractivity contribution >= 4 is 23.2 Å². The summed E-state index contributed by atoms with van der Waals surface area (Å²) in [6.07, 6.45) is 0. The van der Waals surface area contributed by atoms with Crippen molar-refractivity contribution in [2.24, 2.45) is 0 Å². The van der Waals surface area contributed by atoms with Gasteiger partial charge in [0, 0.05) is 12.1 Å². The Morgan fingerprint density at radius 1 is 0.842 bits per heavy atom. The van der Waals surface area contributed by atoms with Gasteiger partial charge in [0.25, 0.3) is 0 Å². The molecule has 0 fully saturated rings. The Morgan fingerprint density at radius 2 is 1.16 bits per heavy atom. The van der Waals surface area contributed by atoms with Gasteiger partial charge in [0.1, 0.15) is 4.90 Å². The van der Waals surface area contributed by atoms with Crippen LogP contribution in [-0.4, -0.2) is 7.25 Å². The van der Waals surface area contributed by atoms with Crippen molar-refractivity contribution in [3.63, 3.8) is 0 Å². The lowest BCUT2D eigenvalue weighted by Gasteiger charge is -2.40. The van der Waals surface area contributed by atoms with Gasteiger partial charge in [0.05, 0.1) is 0 Å². The molecule has 0 atom stereocenters. The Morgan fingerprint density at radius 3 is 1.37 bits per heavy atom. The zero-order valence-corrected chi connectivity index (χ0v) is 9.41. The highest BCUT2D eigenvalue weighted by molar-refractivity contribution is 8.45. The highest BCUT2D eigenvalue weighted by Gasteiger charge is 2.65. The minimum atomic E-state index is -9.59. The second-order valence-corrected chi connectivity index (χ2v) is 5.47. The summed E-state index contributed by atoms with van der Waals surface area (Å²) in [5, 5.41) is 8.13. The molecule has 0 aromatic heterocycles. The predicted molar refractivity (Wildman–Crippen MR) is 52.8 cm³/mol. The van der Waals surface area contributed by atoms with Crippen LogP contribution in [0.25, 0.3) is 4.98 Å². The Bertz CT molecular complexity index is 478. The van der Waals surface area contributed by atoms with E-state index in [1.807, 2.05) is 0 Å². The van der Waals surface area contributed by atoms with Crippen molar-refractivity contribution < 1.29 is 36.7 Å². The molecule has 0 saturated carbocycles. The normalized spacial score (nSPS) is 15.4. The lowest BCUT2D eigenvalue weighted by molar-refractivity contribution is 0.362. The van der Waals surface area contributed by atoms with E-state index in [4.69, 9.17) is 5.39 Å². The molecule has 0 radical (unpaired) electrons. The monoisotopic (exact) mass is 318 g/mol. The Hall–Kier alpha value is -1.58. The van der Waals surface area contributed by atoms with Gasteiger partial charge >= 0.3 is 23.2 Å². The van der Waals surface area contributed by atoms with Gasteiger partial charge in [-0.15, -0.1) is 0 Å². The van der Waals surface area contributed by atoms with Gasteiger partial charge in [0.15, 0.2) is 4.98 Å². The van der Waals surface area contributed by atoms with E-state index in [1.54, 1.807) is 0 Å². The molecule has 1 rings (SSSR count). The van der Waals surface area contributed by atoms with Gasteiger partial charge in [-0.2, -0.15) is 0 Å². The molecule has 13 heteroatoms. The van der Waals surface area contributed by atoms with Crippen molar-refractivity contribution in [1.82, 2.24) is 0 Å². The summed E-state index contributed by atoms with van der Waals surface area (Å²) in [6.45, 7) is 0. The molecular formula is C6H4BF9N2S. The first-order valence-corrected chi connectivity index (χ1v) is 6.04. The van der Waals surface area contributed by atoms with Crippen LogP contribution >= 0.6 is 10.2 Å². The predicted octanol–water partition coefficient (Wildman–Crippen LogP) is 6.13. The molecule has 19 heavy (non-hydrogen) atoms. The Labute approximate surface area is 100 Å². The van der Waals surface area contributed by atoms with Crippen molar-refractivity contribution in [2.75, 3.05) is 0 Å². The van der Waals surface area contributed by atoms with E-state index >= 15 is 0 Å². The third kappa shape index (κ3) is 8.19. The van der Waals surface area contributed by atoms with Crippen LogP contribution in [0.1, 0.15) is 0 Å². The topological polar surface area (TPSA) is 28.1 Å². The Kier molecular flexibility index (Phi) is 3.87. The molecule has 0 unspecified atom stereocenters. The molecule has 0 N–H and O–H groups in total. The van der Waals surface area contributed by atoms with Crippen LogP contribution in [0.2, 0.25) is 0 Å². The zero-order chi connectivity index (χ0) is 15.6. The first-order valence-electron chi connectivity index (χ1n) is 4.09. The average molecular weight is 318 g/mol. The smallest absolute Gasteiger partial charge is 0.418 e. The van der Waals surface area contributed by atoms with Crippen LogP contribution in [0.5, 0.6) is 0 Å². The van der Waals surface area contributed by atoms with E-state index in [2.05, 4.69) is 4.98 Å². The molecule has 0 spiro atoms. The van der Waals surface area contributed by atoms with Crippen LogP contribution in [0.3, 0.4) is 0 Å². The van der Waals surface area contributed by atoms with E-state index in [9.17, 15) is 36.7 Å². The molecule has 0 aliphatic heterocycles. The third-order valence-electron chi connectivity index (χ3n) is 1.40.